The van der Waals surface area contributed by atoms with E-state index in [0.29, 0.717) is 19.8 Å². The van der Waals surface area contributed by atoms with E-state index in [0.717, 1.165) is 19.1 Å². The van der Waals surface area contributed by atoms with Crippen molar-refractivity contribution in [2.45, 2.75) is 31.2 Å². The SMILES string of the molecule is C[Si](CCCOCC(CO)OCC1CO1)(c1ccccc1)c1ccccc1. The zero-order valence-electron chi connectivity index (χ0n) is 16.0. The normalized spacial score (nSPS) is 17.6. The number of hydrogen-bond donors (Lipinski definition) is 1. The van der Waals surface area contributed by atoms with E-state index < -0.39 is 8.07 Å². The van der Waals surface area contributed by atoms with Crippen LogP contribution in [0.15, 0.2) is 60.7 Å². The third-order valence-electron chi connectivity index (χ3n) is 5.21. The van der Waals surface area contributed by atoms with Gasteiger partial charge in [0.05, 0.1) is 26.4 Å². The van der Waals surface area contributed by atoms with E-state index in [9.17, 15) is 5.11 Å². The number of aliphatic hydroxyl groups is 1. The maximum absolute atomic E-state index is 9.40. The minimum Gasteiger partial charge on any atom is -0.394 e. The Morgan fingerprint density at radius 2 is 1.67 bits per heavy atom. The lowest BCUT2D eigenvalue weighted by Crippen LogP contribution is -2.55. The lowest BCUT2D eigenvalue weighted by molar-refractivity contribution is -0.0460. The molecule has 0 radical (unpaired) electrons. The highest BCUT2D eigenvalue weighted by Gasteiger charge is 2.31. The van der Waals surface area contributed by atoms with Crippen molar-refractivity contribution in [3.8, 4) is 0 Å². The van der Waals surface area contributed by atoms with Gasteiger partial charge >= 0.3 is 0 Å². The van der Waals surface area contributed by atoms with Crippen molar-refractivity contribution in [1.82, 2.24) is 0 Å². The van der Waals surface area contributed by atoms with Crippen molar-refractivity contribution in [2.24, 2.45) is 0 Å². The van der Waals surface area contributed by atoms with Crippen LogP contribution in [0.4, 0.5) is 0 Å². The van der Waals surface area contributed by atoms with Gasteiger partial charge in [0.15, 0.2) is 0 Å². The largest absolute Gasteiger partial charge is 0.394 e. The molecule has 1 aliphatic heterocycles. The Morgan fingerprint density at radius 3 is 2.19 bits per heavy atom. The molecule has 2 atom stereocenters. The average molecular weight is 387 g/mol. The number of hydrogen-bond acceptors (Lipinski definition) is 4. The zero-order chi connectivity index (χ0) is 19.0. The van der Waals surface area contributed by atoms with E-state index in [1.54, 1.807) is 0 Å². The van der Waals surface area contributed by atoms with E-state index in [1.165, 1.54) is 10.4 Å². The molecule has 4 nitrogen and oxygen atoms in total. The van der Waals surface area contributed by atoms with Gasteiger partial charge in [-0.1, -0.05) is 77.6 Å². The molecule has 1 fully saturated rings. The first-order valence-electron chi connectivity index (χ1n) is 9.75. The van der Waals surface area contributed by atoms with Gasteiger partial charge in [0.2, 0.25) is 0 Å². The molecule has 0 spiro atoms. The summed E-state index contributed by atoms with van der Waals surface area (Å²) in [5.41, 5.74) is 0. The molecule has 5 heteroatoms. The van der Waals surface area contributed by atoms with Crippen molar-refractivity contribution in [2.75, 3.05) is 33.0 Å². The van der Waals surface area contributed by atoms with Crippen molar-refractivity contribution < 1.29 is 19.3 Å². The number of ether oxygens (including phenoxy) is 3. The molecule has 1 saturated heterocycles. The second-order valence-electron chi connectivity index (χ2n) is 7.34. The minimum atomic E-state index is -1.79. The maximum Gasteiger partial charge on any atom is 0.115 e. The van der Waals surface area contributed by atoms with Gasteiger partial charge in [0.1, 0.15) is 20.3 Å². The monoisotopic (exact) mass is 386 g/mol. The van der Waals surface area contributed by atoms with Gasteiger partial charge in [-0.15, -0.1) is 0 Å². The van der Waals surface area contributed by atoms with Crippen molar-refractivity contribution in [3.05, 3.63) is 60.7 Å². The maximum atomic E-state index is 9.40. The van der Waals surface area contributed by atoms with E-state index in [4.69, 9.17) is 14.2 Å². The smallest absolute Gasteiger partial charge is 0.115 e. The van der Waals surface area contributed by atoms with Crippen LogP contribution in [0.1, 0.15) is 6.42 Å². The number of aliphatic hydroxyl groups excluding tert-OH is 1. The third kappa shape index (κ3) is 5.99. The molecule has 1 aliphatic rings. The molecule has 146 valence electrons. The van der Waals surface area contributed by atoms with E-state index in [2.05, 4.69) is 67.2 Å². The molecule has 0 amide bonds. The Balaban J connectivity index is 1.51. The topological polar surface area (TPSA) is 51.2 Å². The third-order valence-corrected chi connectivity index (χ3v) is 9.78. The molecular weight excluding hydrogens is 356 g/mol. The van der Waals surface area contributed by atoms with E-state index in [1.807, 2.05) is 0 Å². The number of benzene rings is 2. The first kappa shape index (κ1) is 20.2. The first-order chi connectivity index (χ1) is 13.2. The fourth-order valence-electron chi connectivity index (χ4n) is 3.37. The lowest BCUT2D eigenvalue weighted by Gasteiger charge is -2.29. The Hall–Kier alpha value is -1.50. The van der Waals surface area contributed by atoms with Gasteiger partial charge in [-0.05, 0) is 12.5 Å². The van der Waals surface area contributed by atoms with E-state index >= 15 is 0 Å². The zero-order valence-corrected chi connectivity index (χ0v) is 17.0. The van der Waals surface area contributed by atoms with Gasteiger partial charge in [-0.2, -0.15) is 0 Å². The van der Waals surface area contributed by atoms with Crippen LogP contribution in [0.2, 0.25) is 12.6 Å². The summed E-state index contributed by atoms with van der Waals surface area (Å²) in [6, 6.07) is 22.8. The molecule has 0 aromatic heterocycles. The summed E-state index contributed by atoms with van der Waals surface area (Å²) in [7, 11) is -1.79. The van der Waals surface area contributed by atoms with Crippen LogP contribution in [-0.2, 0) is 14.2 Å². The lowest BCUT2D eigenvalue weighted by atomic mass is 10.4. The molecule has 2 aromatic rings. The summed E-state index contributed by atoms with van der Waals surface area (Å²) in [6.07, 6.45) is 0.944. The molecule has 1 N–H and O–H groups in total. The summed E-state index contributed by atoms with van der Waals surface area (Å²) in [6.45, 7) is 4.84. The van der Waals surface area contributed by atoms with Gasteiger partial charge < -0.3 is 19.3 Å². The van der Waals surface area contributed by atoms with Crippen LogP contribution in [-0.4, -0.2) is 58.4 Å². The summed E-state index contributed by atoms with van der Waals surface area (Å²) in [5.74, 6) is 0. The fraction of sp³-hybridized carbons (Fsp3) is 0.455. The summed E-state index contributed by atoms with van der Waals surface area (Å²) in [5, 5.41) is 12.3. The first-order valence-corrected chi connectivity index (χ1v) is 12.5. The molecule has 1 heterocycles. The van der Waals surface area contributed by atoms with Crippen molar-refractivity contribution in [1.29, 1.82) is 0 Å². The molecular formula is C22H30O4Si. The molecule has 0 saturated carbocycles. The highest BCUT2D eigenvalue weighted by atomic mass is 28.3. The van der Waals surface area contributed by atoms with Crippen LogP contribution >= 0.6 is 0 Å². The minimum absolute atomic E-state index is 0.0206. The van der Waals surface area contributed by atoms with E-state index in [-0.39, 0.29) is 18.8 Å². The average Bonchev–Trinajstić information content (AvgIpc) is 3.55. The number of epoxide rings is 1. The quantitative estimate of drug-likeness (QED) is 0.345. The van der Waals surface area contributed by atoms with Gasteiger partial charge in [-0.25, -0.2) is 0 Å². The standard InChI is InChI=1S/C22H30O4Si/c1-27(21-9-4-2-5-10-21,22-11-6-3-7-12-22)14-8-13-24-16-19(15-23)25-17-20-18-26-20/h2-7,9-12,19-20,23H,8,13-18H2,1H3. The predicted molar refractivity (Wildman–Crippen MR) is 111 cm³/mol. The van der Waals surface area contributed by atoms with Crippen LogP contribution < -0.4 is 10.4 Å². The van der Waals surface area contributed by atoms with Gasteiger partial charge in [-0.3, -0.25) is 0 Å². The number of rotatable bonds is 12. The molecule has 0 aliphatic carbocycles. The van der Waals surface area contributed by atoms with Crippen LogP contribution in [0, 0.1) is 0 Å². The second kappa shape index (κ2) is 10.2. The van der Waals surface area contributed by atoms with Crippen LogP contribution in [0.3, 0.4) is 0 Å². The Labute approximate surface area is 163 Å². The summed E-state index contributed by atoms with van der Waals surface area (Å²) in [4.78, 5) is 0. The Morgan fingerprint density at radius 1 is 1.07 bits per heavy atom. The van der Waals surface area contributed by atoms with Crippen LogP contribution in [0.5, 0.6) is 0 Å². The molecule has 2 unspecified atom stereocenters. The summed E-state index contributed by atoms with van der Waals surface area (Å²) < 4.78 is 16.5. The summed E-state index contributed by atoms with van der Waals surface area (Å²) >= 11 is 0. The van der Waals surface area contributed by atoms with Crippen molar-refractivity contribution in [3.63, 3.8) is 0 Å². The highest BCUT2D eigenvalue weighted by molar-refractivity contribution is 7.01. The second-order valence-corrected chi connectivity index (χ2v) is 11.7. The fourth-order valence-corrected chi connectivity index (χ4v) is 6.99. The molecule has 0 bridgehead atoms. The highest BCUT2D eigenvalue weighted by Crippen LogP contribution is 2.14. The predicted octanol–water partition coefficient (Wildman–Crippen LogP) is 2.06. The van der Waals surface area contributed by atoms with Crippen molar-refractivity contribution >= 4 is 18.4 Å². The molecule has 3 rings (SSSR count). The van der Waals surface area contributed by atoms with Crippen LogP contribution in [0.25, 0.3) is 0 Å². The molecule has 27 heavy (non-hydrogen) atoms. The van der Waals surface area contributed by atoms with Gasteiger partial charge in [0.25, 0.3) is 0 Å². The Bertz CT molecular complexity index is 621. The molecule has 2 aromatic carbocycles. The van der Waals surface area contributed by atoms with Gasteiger partial charge in [0, 0.05) is 6.61 Å². The Kier molecular flexibility index (Phi) is 7.61.